The maximum atomic E-state index is 6.01. The zero-order valence-electron chi connectivity index (χ0n) is 22.6. The molecule has 0 unspecified atom stereocenters. The first-order valence-electron chi connectivity index (χ1n) is 12.8. The quantitative estimate of drug-likeness (QED) is 0.143. The number of nitrogens with zero attached hydrogens (tertiary/aromatic N) is 4. The molecule has 0 bridgehead atoms. The van der Waals surface area contributed by atoms with Crippen LogP contribution in [0.1, 0.15) is 35.4 Å². The summed E-state index contributed by atoms with van der Waals surface area (Å²) in [5.41, 5.74) is 6.06. The van der Waals surface area contributed by atoms with Crippen LogP contribution >= 0.6 is 11.8 Å². The molecular weight excluding hydrogens is 500 g/mol. The van der Waals surface area contributed by atoms with Crippen molar-refractivity contribution in [3.05, 3.63) is 71.3 Å². The molecule has 0 saturated heterocycles. The second-order valence-corrected chi connectivity index (χ2v) is 9.85. The molecule has 202 valence electrons. The van der Waals surface area contributed by atoms with Crippen molar-refractivity contribution in [2.24, 2.45) is 0 Å². The number of para-hydroxylation sites is 2. The summed E-state index contributed by atoms with van der Waals surface area (Å²) in [6, 6.07) is 12.0. The predicted octanol–water partition coefficient (Wildman–Crippen LogP) is 5.61. The predicted molar refractivity (Wildman–Crippen MR) is 150 cm³/mol. The summed E-state index contributed by atoms with van der Waals surface area (Å²) in [6.45, 7) is 7.29. The molecule has 0 amide bonds. The van der Waals surface area contributed by atoms with Gasteiger partial charge in [0, 0.05) is 69.5 Å². The first-order valence-corrected chi connectivity index (χ1v) is 13.8. The van der Waals surface area contributed by atoms with Crippen molar-refractivity contribution < 1.29 is 18.9 Å². The zero-order valence-corrected chi connectivity index (χ0v) is 23.4. The van der Waals surface area contributed by atoms with Gasteiger partial charge in [-0.15, -0.1) is 0 Å². The molecule has 0 fully saturated rings. The van der Waals surface area contributed by atoms with Crippen LogP contribution in [-0.4, -0.2) is 60.2 Å². The van der Waals surface area contributed by atoms with Crippen LogP contribution in [-0.2, 0) is 21.8 Å². The van der Waals surface area contributed by atoms with Crippen LogP contribution < -0.4 is 9.47 Å². The van der Waals surface area contributed by atoms with Gasteiger partial charge in [0.05, 0.1) is 42.2 Å². The van der Waals surface area contributed by atoms with Crippen LogP contribution in [0.15, 0.2) is 53.9 Å². The van der Waals surface area contributed by atoms with Crippen molar-refractivity contribution in [3.63, 3.8) is 0 Å². The lowest BCUT2D eigenvalue weighted by atomic mass is 10.2. The lowest BCUT2D eigenvalue weighted by Crippen LogP contribution is -2.08. The molecule has 9 heteroatoms. The lowest BCUT2D eigenvalue weighted by molar-refractivity contribution is 0.171. The molecule has 3 heterocycles. The maximum Gasteiger partial charge on any atom is 0.169 e. The normalized spacial score (nSPS) is 11.3. The highest BCUT2D eigenvalue weighted by Gasteiger charge is 2.16. The van der Waals surface area contributed by atoms with Gasteiger partial charge in [-0.2, -0.15) is 0 Å². The van der Waals surface area contributed by atoms with Crippen molar-refractivity contribution in [2.45, 2.75) is 44.1 Å². The number of methoxy groups -OCH3 is 2. The van der Waals surface area contributed by atoms with Gasteiger partial charge in [0.2, 0.25) is 0 Å². The van der Waals surface area contributed by atoms with E-state index in [9.17, 15) is 0 Å². The number of hydrogen-bond donors (Lipinski definition) is 0. The fourth-order valence-electron chi connectivity index (χ4n) is 4.11. The summed E-state index contributed by atoms with van der Waals surface area (Å²) in [5.74, 6) is 2.40. The van der Waals surface area contributed by atoms with Crippen molar-refractivity contribution in [1.82, 2.24) is 19.5 Å². The molecule has 3 aromatic heterocycles. The average molecular weight is 537 g/mol. The molecule has 0 radical (unpaired) electrons. The minimum Gasteiger partial charge on any atom is -0.493 e. The molecule has 8 nitrogen and oxygen atoms in total. The number of aromatic nitrogens is 4. The Hall–Kier alpha value is -3.14. The molecule has 4 rings (SSSR count). The van der Waals surface area contributed by atoms with Crippen LogP contribution in [0.3, 0.4) is 0 Å². The standard InChI is InChI=1S/C29H36N4O4S/c1-21-24(30-13-11-27(21)36-17-7-15-34-3)19-33-26-10-6-5-9-23(26)32-29(33)38-20-25-22(2)28(12-14-31-25)37-18-8-16-35-4/h5-6,9-14H,7-8,15-20H2,1-4H3. The minimum atomic E-state index is 0.596. The van der Waals surface area contributed by atoms with Crippen molar-refractivity contribution in [3.8, 4) is 11.5 Å². The molecule has 0 spiro atoms. The highest BCUT2D eigenvalue weighted by molar-refractivity contribution is 7.98. The Kier molecular flexibility index (Phi) is 10.4. The van der Waals surface area contributed by atoms with Crippen LogP contribution in [0.25, 0.3) is 11.0 Å². The molecule has 0 saturated carbocycles. The number of hydrogen-bond acceptors (Lipinski definition) is 8. The van der Waals surface area contributed by atoms with E-state index >= 15 is 0 Å². The van der Waals surface area contributed by atoms with Crippen LogP contribution in [0.2, 0.25) is 0 Å². The fourth-order valence-corrected chi connectivity index (χ4v) is 5.14. The molecule has 0 aliphatic carbocycles. The number of imidazole rings is 1. The van der Waals surface area contributed by atoms with Crippen molar-refractivity contribution >= 4 is 22.8 Å². The van der Waals surface area contributed by atoms with E-state index in [0.29, 0.717) is 38.7 Å². The highest BCUT2D eigenvalue weighted by atomic mass is 32.2. The molecule has 0 aliphatic heterocycles. The smallest absolute Gasteiger partial charge is 0.169 e. The molecule has 38 heavy (non-hydrogen) atoms. The largest absolute Gasteiger partial charge is 0.493 e. The third kappa shape index (κ3) is 7.03. The molecule has 4 aromatic rings. The van der Waals surface area contributed by atoms with E-state index in [-0.39, 0.29) is 0 Å². The summed E-state index contributed by atoms with van der Waals surface area (Å²) in [7, 11) is 3.40. The van der Waals surface area contributed by atoms with E-state index in [2.05, 4.69) is 29.5 Å². The SMILES string of the molecule is COCCCOc1ccnc(CSc2nc3ccccc3n2Cc2nccc(OCCCOC)c2C)c1C. The first kappa shape index (κ1) is 27.9. The van der Waals surface area contributed by atoms with E-state index in [1.807, 2.05) is 42.7 Å². The lowest BCUT2D eigenvalue weighted by Gasteiger charge is -2.15. The Morgan fingerprint density at radius 1 is 0.763 bits per heavy atom. The second-order valence-electron chi connectivity index (χ2n) is 8.91. The number of ether oxygens (including phenoxy) is 4. The molecule has 0 N–H and O–H groups in total. The monoisotopic (exact) mass is 536 g/mol. The summed E-state index contributed by atoms with van der Waals surface area (Å²) >= 11 is 1.67. The zero-order chi connectivity index (χ0) is 26.7. The molecular formula is C29H36N4O4S. The Bertz CT molecular complexity index is 1330. The summed E-state index contributed by atoms with van der Waals surface area (Å²) in [4.78, 5) is 14.3. The fraction of sp³-hybridized carbons (Fsp3) is 0.414. The Morgan fingerprint density at radius 3 is 2.03 bits per heavy atom. The number of rotatable bonds is 15. The summed E-state index contributed by atoms with van der Waals surface area (Å²) in [6.07, 6.45) is 5.31. The highest BCUT2D eigenvalue weighted by Crippen LogP contribution is 2.31. The number of pyridine rings is 2. The first-order chi connectivity index (χ1) is 18.6. The van der Waals surface area contributed by atoms with Gasteiger partial charge in [-0.05, 0) is 38.1 Å². The second kappa shape index (κ2) is 14.1. The van der Waals surface area contributed by atoms with Gasteiger partial charge in [-0.1, -0.05) is 23.9 Å². The van der Waals surface area contributed by atoms with Crippen LogP contribution in [0.5, 0.6) is 11.5 Å². The van der Waals surface area contributed by atoms with Crippen LogP contribution in [0.4, 0.5) is 0 Å². The molecule has 0 atom stereocenters. The Labute approximate surface area is 228 Å². The van der Waals surface area contributed by atoms with Gasteiger partial charge in [0.25, 0.3) is 0 Å². The van der Waals surface area contributed by atoms with E-state index in [4.69, 9.17) is 28.9 Å². The topological polar surface area (TPSA) is 80.5 Å². The van der Waals surface area contributed by atoms with Crippen molar-refractivity contribution in [2.75, 3.05) is 40.6 Å². The van der Waals surface area contributed by atoms with Gasteiger partial charge in [0.15, 0.2) is 5.16 Å². The maximum absolute atomic E-state index is 6.01. The number of fused-ring (bicyclic) bond motifs is 1. The number of thioether (sulfide) groups is 1. The van der Waals surface area contributed by atoms with Gasteiger partial charge >= 0.3 is 0 Å². The van der Waals surface area contributed by atoms with Gasteiger partial charge in [-0.25, -0.2) is 4.98 Å². The van der Waals surface area contributed by atoms with Gasteiger partial charge in [0.1, 0.15) is 11.5 Å². The Morgan fingerprint density at radius 2 is 1.37 bits per heavy atom. The van der Waals surface area contributed by atoms with E-state index in [1.54, 1.807) is 26.0 Å². The molecule has 0 aliphatic rings. The summed E-state index contributed by atoms with van der Waals surface area (Å²) < 4.78 is 24.5. The van der Waals surface area contributed by atoms with Crippen LogP contribution in [0, 0.1) is 13.8 Å². The third-order valence-corrected chi connectivity index (χ3v) is 7.27. The van der Waals surface area contributed by atoms with Crippen molar-refractivity contribution in [1.29, 1.82) is 0 Å². The van der Waals surface area contributed by atoms with E-state index in [1.165, 1.54) is 0 Å². The van der Waals surface area contributed by atoms with E-state index < -0.39 is 0 Å². The van der Waals surface area contributed by atoms with Gasteiger partial charge in [-0.3, -0.25) is 9.97 Å². The third-order valence-electron chi connectivity index (χ3n) is 6.28. The minimum absolute atomic E-state index is 0.596. The summed E-state index contributed by atoms with van der Waals surface area (Å²) in [5, 5.41) is 0.923. The Balaban J connectivity index is 1.53. The van der Waals surface area contributed by atoms with E-state index in [0.717, 1.165) is 63.0 Å². The average Bonchev–Trinajstić information content (AvgIpc) is 3.28. The number of benzene rings is 1. The van der Waals surface area contributed by atoms with Gasteiger partial charge < -0.3 is 23.5 Å². The molecule has 1 aromatic carbocycles.